The average molecular weight is 447 g/mol. The van der Waals surface area contributed by atoms with Gasteiger partial charge in [-0.3, -0.25) is 14.4 Å². The molecule has 0 fully saturated rings. The lowest BCUT2D eigenvalue weighted by atomic mass is 10.1. The number of carboxylic acids is 2. The van der Waals surface area contributed by atoms with Gasteiger partial charge in [0.2, 0.25) is 5.91 Å². The molecule has 11 nitrogen and oxygen atoms in total. The van der Waals surface area contributed by atoms with Gasteiger partial charge in [0.1, 0.15) is 12.1 Å². The van der Waals surface area contributed by atoms with Crippen molar-refractivity contribution in [3.8, 4) is 0 Å². The summed E-state index contributed by atoms with van der Waals surface area (Å²) in [5, 5.41) is 22.2. The lowest BCUT2D eigenvalue weighted by Gasteiger charge is -2.13. The maximum absolute atomic E-state index is 11.8. The van der Waals surface area contributed by atoms with Crippen molar-refractivity contribution in [1.82, 2.24) is 20.6 Å². The first-order valence-corrected chi connectivity index (χ1v) is 9.91. The van der Waals surface area contributed by atoms with Crippen molar-refractivity contribution in [2.75, 3.05) is 6.54 Å². The molecular weight excluding hydrogens is 418 g/mol. The van der Waals surface area contributed by atoms with Gasteiger partial charge in [0.05, 0.1) is 18.6 Å². The van der Waals surface area contributed by atoms with Gasteiger partial charge in [-0.25, -0.2) is 9.78 Å². The fraction of sp³-hybridized carbons (Fsp3) is 0.381. The molecule has 0 unspecified atom stereocenters. The van der Waals surface area contributed by atoms with Gasteiger partial charge in [-0.15, -0.1) is 0 Å². The van der Waals surface area contributed by atoms with Gasteiger partial charge < -0.3 is 31.6 Å². The number of aromatic nitrogens is 2. The second-order valence-electron chi connectivity index (χ2n) is 7.35. The summed E-state index contributed by atoms with van der Waals surface area (Å²) in [6, 6.07) is 6.62. The zero-order valence-corrected chi connectivity index (χ0v) is 17.9. The quantitative estimate of drug-likeness (QED) is 0.302. The number of aliphatic carboxylic acids is 2. The highest BCUT2D eigenvalue weighted by atomic mass is 16.4. The Morgan fingerprint density at radius 1 is 1.09 bits per heavy atom. The predicted molar refractivity (Wildman–Crippen MR) is 116 cm³/mol. The van der Waals surface area contributed by atoms with Gasteiger partial charge in [0.25, 0.3) is 5.91 Å². The van der Waals surface area contributed by atoms with Crippen LogP contribution in [0.3, 0.4) is 0 Å². The van der Waals surface area contributed by atoms with Crippen molar-refractivity contribution < 1.29 is 29.4 Å². The van der Waals surface area contributed by atoms with Crippen LogP contribution in [0.1, 0.15) is 36.3 Å². The Labute approximate surface area is 185 Å². The summed E-state index contributed by atoms with van der Waals surface area (Å²) in [6.45, 7) is 3.59. The predicted octanol–water partition coefficient (Wildman–Crippen LogP) is 0.396. The molecule has 7 N–H and O–H groups in total. The Morgan fingerprint density at radius 3 is 2.22 bits per heavy atom. The first-order chi connectivity index (χ1) is 15.1. The van der Waals surface area contributed by atoms with E-state index >= 15 is 0 Å². The number of carbonyl (C=O) groups is 4. The van der Waals surface area contributed by atoms with Crippen LogP contribution in [0, 0.1) is 5.92 Å². The number of nitrogens with zero attached hydrogens (tertiary/aromatic N) is 1. The molecule has 32 heavy (non-hydrogen) atoms. The van der Waals surface area contributed by atoms with E-state index < -0.39 is 35.8 Å². The minimum Gasteiger partial charge on any atom is -0.480 e. The van der Waals surface area contributed by atoms with Crippen LogP contribution in [0.4, 0.5) is 0 Å². The third-order valence-electron chi connectivity index (χ3n) is 4.09. The molecule has 174 valence electrons. The molecular formula is C21H29N5O6. The number of imidazole rings is 1. The number of nitrogens with two attached hydrogens (primary N) is 1. The van der Waals surface area contributed by atoms with Crippen molar-refractivity contribution >= 4 is 23.8 Å². The molecule has 0 saturated heterocycles. The standard InChI is InChI=1S/C15H16N4O4.C6H13NO2/c20-13(8-17-14(21)10-4-2-1-3-5-10)19-12(15(22)23)6-11-7-16-9-18-11;1-4(2)3-5(7)6(8)9/h1-5,7,9,12H,6,8H2,(H,16,18)(H,17,21)(H,19,20)(H,22,23);4-5H,3,7H2,1-2H3,(H,8,9)/t12-;5-/m00/s1. The highest BCUT2D eigenvalue weighted by Crippen LogP contribution is 2.02. The molecule has 1 aromatic heterocycles. The Hall–Kier alpha value is -3.73. The van der Waals surface area contributed by atoms with Gasteiger partial charge in [-0.05, 0) is 24.5 Å². The zero-order chi connectivity index (χ0) is 24.1. The Kier molecular flexibility index (Phi) is 11.1. The summed E-state index contributed by atoms with van der Waals surface area (Å²) >= 11 is 0. The van der Waals surface area contributed by atoms with E-state index in [4.69, 9.17) is 15.9 Å². The number of nitrogens with one attached hydrogen (secondary N) is 3. The van der Waals surface area contributed by atoms with Gasteiger partial charge in [0, 0.05) is 18.2 Å². The number of rotatable bonds is 10. The van der Waals surface area contributed by atoms with Crippen LogP contribution in [-0.2, 0) is 20.8 Å². The fourth-order valence-electron chi connectivity index (χ4n) is 2.52. The van der Waals surface area contributed by atoms with Crippen LogP contribution >= 0.6 is 0 Å². The molecule has 0 spiro atoms. The largest absolute Gasteiger partial charge is 0.480 e. The second kappa shape index (κ2) is 13.5. The first-order valence-electron chi connectivity index (χ1n) is 9.91. The number of aromatic amines is 1. The number of benzene rings is 1. The number of carbonyl (C=O) groups excluding carboxylic acids is 2. The molecule has 1 heterocycles. The van der Waals surface area contributed by atoms with E-state index in [1.54, 1.807) is 36.5 Å². The van der Waals surface area contributed by atoms with Gasteiger partial charge in [0.15, 0.2) is 0 Å². The number of amides is 2. The maximum Gasteiger partial charge on any atom is 0.326 e. The van der Waals surface area contributed by atoms with Crippen LogP contribution in [0.2, 0.25) is 0 Å². The summed E-state index contributed by atoms with van der Waals surface area (Å²) in [7, 11) is 0. The second-order valence-corrected chi connectivity index (χ2v) is 7.35. The molecule has 2 aromatic rings. The highest BCUT2D eigenvalue weighted by molar-refractivity contribution is 5.96. The summed E-state index contributed by atoms with van der Waals surface area (Å²) in [4.78, 5) is 51.5. The summed E-state index contributed by atoms with van der Waals surface area (Å²) in [5.74, 6) is -2.72. The monoisotopic (exact) mass is 447 g/mol. The van der Waals surface area contributed by atoms with Crippen molar-refractivity contribution in [1.29, 1.82) is 0 Å². The van der Waals surface area contributed by atoms with Gasteiger partial charge in [-0.2, -0.15) is 0 Å². The minimum absolute atomic E-state index is 0.0528. The Balaban J connectivity index is 0.000000482. The van der Waals surface area contributed by atoms with E-state index in [1.807, 2.05) is 13.8 Å². The number of hydrogen-bond donors (Lipinski definition) is 6. The third kappa shape index (κ3) is 10.3. The van der Waals surface area contributed by atoms with Crippen LogP contribution in [0.25, 0.3) is 0 Å². The van der Waals surface area contributed by atoms with Gasteiger partial charge in [-0.1, -0.05) is 32.0 Å². The molecule has 0 radical (unpaired) electrons. The fourth-order valence-corrected chi connectivity index (χ4v) is 2.52. The first kappa shape index (κ1) is 26.3. The molecule has 0 aliphatic rings. The molecule has 11 heteroatoms. The lowest BCUT2D eigenvalue weighted by Crippen LogP contribution is -2.46. The van der Waals surface area contributed by atoms with E-state index in [1.165, 1.54) is 6.33 Å². The van der Waals surface area contributed by atoms with Crippen LogP contribution in [0.15, 0.2) is 42.9 Å². The zero-order valence-electron chi connectivity index (χ0n) is 17.9. The molecule has 0 saturated carbocycles. The van der Waals surface area contributed by atoms with Gasteiger partial charge >= 0.3 is 11.9 Å². The SMILES string of the molecule is CC(C)C[C@H](N)C(=O)O.O=C(CNC(=O)c1ccccc1)N[C@@H](Cc1c[nH]cn1)C(=O)O. The number of hydrogen-bond acceptors (Lipinski definition) is 6. The summed E-state index contributed by atoms with van der Waals surface area (Å²) in [5.41, 5.74) is 6.16. The Morgan fingerprint density at radius 2 is 1.75 bits per heavy atom. The Bertz CT molecular complexity index is 870. The molecule has 2 amide bonds. The maximum atomic E-state index is 11.8. The normalized spacial score (nSPS) is 12.1. The van der Waals surface area contributed by atoms with Crippen molar-refractivity contribution in [2.24, 2.45) is 11.7 Å². The summed E-state index contributed by atoms with van der Waals surface area (Å²) < 4.78 is 0. The van der Waals surface area contributed by atoms with Crippen LogP contribution in [0.5, 0.6) is 0 Å². The van der Waals surface area contributed by atoms with E-state index in [0.29, 0.717) is 23.6 Å². The van der Waals surface area contributed by atoms with E-state index in [9.17, 15) is 19.2 Å². The minimum atomic E-state index is -1.17. The van der Waals surface area contributed by atoms with Crippen LogP contribution in [-0.4, -0.2) is 62.6 Å². The van der Waals surface area contributed by atoms with Crippen molar-refractivity contribution in [2.45, 2.75) is 38.8 Å². The molecule has 0 aliphatic carbocycles. The highest BCUT2D eigenvalue weighted by Gasteiger charge is 2.21. The number of carboxylic acid groups (broad SMARTS) is 2. The molecule has 0 aliphatic heterocycles. The van der Waals surface area contributed by atoms with Crippen molar-refractivity contribution in [3.63, 3.8) is 0 Å². The van der Waals surface area contributed by atoms with E-state index in [0.717, 1.165) is 0 Å². The molecule has 1 aromatic carbocycles. The summed E-state index contributed by atoms with van der Waals surface area (Å²) in [6.07, 6.45) is 3.59. The molecule has 2 rings (SSSR count). The third-order valence-corrected chi connectivity index (χ3v) is 4.09. The van der Waals surface area contributed by atoms with E-state index in [-0.39, 0.29) is 13.0 Å². The lowest BCUT2D eigenvalue weighted by molar-refractivity contribution is -0.141. The topological polar surface area (TPSA) is 187 Å². The number of H-pyrrole nitrogens is 1. The van der Waals surface area contributed by atoms with E-state index in [2.05, 4.69) is 20.6 Å². The van der Waals surface area contributed by atoms with Crippen molar-refractivity contribution in [3.05, 3.63) is 54.1 Å². The van der Waals surface area contributed by atoms with Crippen LogP contribution < -0.4 is 16.4 Å². The molecule has 2 atom stereocenters. The molecule has 0 bridgehead atoms. The average Bonchev–Trinajstić information content (AvgIpc) is 3.25. The smallest absolute Gasteiger partial charge is 0.326 e.